The van der Waals surface area contributed by atoms with Gasteiger partial charge in [-0.1, -0.05) is 29.3 Å². The third kappa shape index (κ3) is 5.97. The molecule has 0 saturated carbocycles. The van der Waals surface area contributed by atoms with Crippen LogP contribution in [0.2, 0.25) is 10.0 Å². The van der Waals surface area contributed by atoms with Crippen LogP contribution in [0, 0.1) is 0 Å². The summed E-state index contributed by atoms with van der Waals surface area (Å²) in [6.07, 6.45) is 0.613. The van der Waals surface area contributed by atoms with E-state index >= 15 is 0 Å². The molecule has 0 fully saturated rings. The van der Waals surface area contributed by atoms with Gasteiger partial charge in [0.15, 0.2) is 6.10 Å². The molecule has 0 spiro atoms. The first-order chi connectivity index (χ1) is 12.7. The van der Waals surface area contributed by atoms with Crippen molar-refractivity contribution in [1.82, 2.24) is 4.72 Å². The highest BCUT2D eigenvalue weighted by Gasteiger charge is 2.17. The molecule has 0 radical (unpaired) electrons. The number of carbonyl (C=O) groups excluding carboxylic acids is 1. The highest BCUT2D eigenvalue weighted by molar-refractivity contribution is 7.89. The lowest BCUT2D eigenvalue weighted by Crippen LogP contribution is -2.30. The van der Waals surface area contributed by atoms with Crippen LogP contribution in [0.5, 0.6) is 5.75 Å². The summed E-state index contributed by atoms with van der Waals surface area (Å²) in [4.78, 5) is 12.4. The minimum absolute atomic E-state index is 0.0830. The first-order valence-corrected chi connectivity index (χ1v) is 10.1. The van der Waals surface area contributed by atoms with Crippen LogP contribution in [-0.2, 0) is 14.8 Å². The Morgan fingerprint density at radius 1 is 1.22 bits per heavy atom. The summed E-state index contributed by atoms with van der Waals surface area (Å²) in [7, 11) is -3.62. The summed E-state index contributed by atoms with van der Waals surface area (Å²) >= 11 is 11.8. The van der Waals surface area contributed by atoms with Crippen LogP contribution in [0.3, 0.4) is 0 Å². The summed E-state index contributed by atoms with van der Waals surface area (Å²) < 4.78 is 31.9. The van der Waals surface area contributed by atoms with E-state index in [0.717, 1.165) is 0 Å². The zero-order chi connectivity index (χ0) is 20.0. The second-order valence-electron chi connectivity index (χ2n) is 5.49. The zero-order valence-corrected chi connectivity index (χ0v) is 16.7. The van der Waals surface area contributed by atoms with Gasteiger partial charge in [-0.25, -0.2) is 13.1 Å². The van der Waals surface area contributed by atoms with Gasteiger partial charge < -0.3 is 10.1 Å². The van der Waals surface area contributed by atoms with Crippen molar-refractivity contribution in [1.29, 1.82) is 0 Å². The molecule has 0 saturated heterocycles. The summed E-state index contributed by atoms with van der Waals surface area (Å²) in [6, 6.07) is 10.5. The van der Waals surface area contributed by atoms with Crippen LogP contribution >= 0.6 is 23.2 Å². The molecule has 0 aliphatic rings. The Bertz CT molecular complexity index is 931. The van der Waals surface area contributed by atoms with Crippen LogP contribution in [0.25, 0.3) is 0 Å². The molecular weight excluding hydrogens is 411 g/mol. The minimum atomic E-state index is -3.62. The molecule has 27 heavy (non-hydrogen) atoms. The van der Waals surface area contributed by atoms with Crippen LogP contribution in [0.15, 0.2) is 60.0 Å². The van der Waals surface area contributed by atoms with Crippen LogP contribution in [0.1, 0.15) is 6.92 Å². The fourth-order valence-corrected chi connectivity index (χ4v) is 3.48. The van der Waals surface area contributed by atoms with E-state index in [1.807, 2.05) is 0 Å². The van der Waals surface area contributed by atoms with Gasteiger partial charge in [0.2, 0.25) is 10.0 Å². The number of sulfonamides is 1. The average molecular weight is 429 g/mol. The first-order valence-electron chi connectivity index (χ1n) is 7.86. The molecule has 9 heteroatoms. The van der Waals surface area contributed by atoms with E-state index in [4.69, 9.17) is 27.9 Å². The first kappa shape index (κ1) is 21.2. The molecule has 0 heterocycles. The second-order valence-corrected chi connectivity index (χ2v) is 8.10. The highest BCUT2D eigenvalue weighted by Crippen LogP contribution is 2.28. The maximum absolute atomic E-state index is 12.3. The van der Waals surface area contributed by atoms with E-state index in [2.05, 4.69) is 16.6 Å². The number of ether oxygens (including phenoxy) is 1. The van der Waals surface area contributed by atoms with Gasteiger partial charge in [-0.15, -0.1) is 6.58 Å². The molecule has 0 aromatic heterocycles. The number of amides is 1. The maximum atomic E-state index is 12.3. The molecule has 0 aliphatic heterocycles. The molecule has 1 amide bonds. The minimum Gasteiger partial charge on any atom is -0.479 e. The van der Waals surface area contributed by atoms with Gasteiger partial charge in [-0.2, -0.15) is 0 Å². The number of anilines is 1. The molecule has 2 aromatic rings. The lowest BCUT2D eigenvalue weighted by Gasteiger charge is -2.16. The zero-order valence-electron chi connectivity index (χ0n) is 14.4. The van der Waals surface area contributed by atoms with Crippen molar-refractivity contribution in [3.8, 4) is 5.75 Å². The molecule has 2 aromatic carbocycles. The lowest BCUT2D eigenvalue weighted by molar-refractivity contribution is -0.122. The molecule has 6 nitrogen and oxygen atoms in total. The van der Waals surface area contributed by atoms with Crippen molar-refractivity contribution < 1.29 is 17.9 Å². The quantitative estimate of drug-likeness (QED) is 0.625. The van der Waals surface area contributed by atoms with Gasteiger partial charge in [0.25, 0.3) is 5.91 Å². The van der Waals surface area contributed by atoms with Gasteiger partial charge in [0.1, 0.15) is 5.75 Å². The largest absolute Gasteiger partial charge is 0.479 e. The molecule has 1 atom stereocenters. The fraction of sp³-hybridized carbons (Fsp3) is 0.167. The Morgan fingerprint density at radius 2 is 1.89 bits per heavy atom. The van der Waals surface area contributed by atoms with Crippen LogP contribution in [-0.4, -0.2) is 27.0 Å². The summed E-state index contributed by atoms with van der Waals surface area (Å²) in [5.74, 6) is -0.0835. The third-order valence-electron chi connectivity index (χ3n) is 3.42. The smallest absolute Gasteiger partial charge is 0.265 e. The van der Waals surface area contributed by atoms with Crippen molar-refractivity contribution in [3.05, 3.63) is 65.2 Å². The van der Waals surface area contributed by atoms with E-state index in [1.54, 1.807) is 19.1 Å². The number of carbonyl (C=O) groups is 1. The van der Waals surface area contributed by atoms with E-state index in [0.29, 0.717) is 21.5 Å². The van der Waals surface area contributed by atoms with Gasteiger partial charge >= 0.3 is 0 Å². The van der Waals surface area contributed by atoms with Crippen molar-refractivity contribution in [2.45, 2.75) is 17.9 Å². The number of benzene rings is 2. The van der Waals surface area contributed by atoms with E-state index in [-0.39, 0.29) is 11.4 Å². The Balaban J connectivity index is 2.01. The molecule has 0 bridgehead atoms. The summed E-state index contributed by atoms with van der Waals surface area (Å²) in [5, 5.41) is 3.41. The van der Waals surface area contributed by atoms with Crippen molar-refractivity contribution in [3.63, 3.8) is 0 Å². The Hall–Kier alpha value is -2.06. The van der Waals surface area contributed by atoms with Gasteiger partial charge in [0, 0.05) is 17.3 Å². The Morgan fingerprint density at radius 3 is 2.48 bits per heavy atom. The van der Waals surface area contributed by atoms with Gasteiger partial charge in [-0.05, 0) is 49.4 Å². The SMILES string of the molecule is C=CCNS(=O)(=O)c1ccc(NC(=O)C(C)Oc2ccc(Cl)cc2Cl)cc1. The molecule has 144 valence electrons. The van der Waals surface area contributed by atoms with Crippen molar-refractivity contribution in [2.24, 2.45) is 0 Å². The van der Waals surface area contributed by atoms with E-state index in [9.17, 15) is 13.2 Å². The predicted octanol–water partition coefficient (Wildman–Crippen LogP) is 3.86. The molecular formula is C18H18Cl2N2O4S. The molecule has 2 N–H and O–H groups in total. The van der Waals surface area contributed by atoms with E-state index < -0.39 is 22.0 Å². The third-order valence-corrected chi connectivity index (χ3v) is 5.39. The predicted molar refractivity (Wildman–Crippen MR) is 107 cm³/mol. The van der Waals surface area contributed by atoms with Crippen molar-refractivity contribution >= 4 is 44.8 Å². The Labute approximate surface area is 168 Å². The molecule has 2 rings (SSSR count). The maximum Gasteiger partial charge on any atom is 0.265 e. The van der Waals surface area contributed by atoms with Crippen LogP contribution < -0.4 is 14.8 Å². The standard InChI is InChI=1S/C18H18Cl2N2O4S/c1-3-10-21-27(24,25)15-7-5-14(6-8-15)22-18(23)12(2)26-17-9-4-13(19)11-16(17)20/h3-9,11-12,21H,1,10H2,2H3,(H,22,23). The van der Waals surface area contributed by atoms with E-state index in [1.165, 1.54) is 36.4 Å². The lowest BCUT2D eigenvalue weighted by atomic mass is 10.3. The number of halogens is 2. The normalized spacial score (nSPS) is 12.3. The Kier molecular flexibility index (Phi) is 7.26. The molecule has 0 aliphatic carbocycles. The van der Waals surface area contributed by atoms with Gasteiger partial charge in [0.05, 0.1) is 9.92 Å². The number of rotatable bonds is 8. The molecule has 1 unspecified atom stereocenters. The van der Waals surface area contributed by atoms with Crippen molar-refractivity contribution in [2.75, 3.05) is 11.9 Å². The number of hydrogen-bond acceptors (Lipinski definition) is 4. The average Bonchev–Trinajstić information content (AvgIpc) is 2.62. The number of nitrogens with one attached hydrogen (secondary N) is 2. The highest BCUT2D eigenvalue weighted by atomic mass is 35.5. The monoisotopic (exact) mass is 428 g/mol. The topological polar surface area (TPSA) is 84.5 Å². The van der Waals surface area contributed by atoms with Crippen LogP contribution in [0.4, 0.5) is 5.69 Å². The van der Waals surface area contributed by atoms with Gasteiger partial charge in [-0.3, -0.25) is 4.79 Å². The number of hydrogen-bond donors (Lipinski definition) is 2. The fourth-order valence-electron chi connectivity index (χ4n) is 2.03. The summed E-state index contributed by atoms with van der Waals surface area (Å²) in [6.45, 7) is 5.15. The second kappa shape index (κ2) is 9.23. The summed E-state index contributed by atoms with van der Waals surface area (Å²) in [5.41, 5.74) is 0.431.